The van der Waals surface area contributed by atoms with Crippen LogP contribution in [0.2, 0.25) is 0 Å². The van der Waals surface area contributed by atoms with Crippen molar-refractivity contribution in [2.75, 3.05) is 13.3 Å². The second-order valence-corrected chi connectivity index (χ2v) is 6.34. The van der Waals surface area contributed by atoms with Crippen LogP contribution in [0, 0.1) is 6.92 Å². The molecule has 1 saturated carbocycles. The fourth-order valence-electron chi connectivity index (χ4n) is 2.97. The first-order valence-corrected chi connectivity index (χ1v) is 7.81. The molecule has 4 rings (SSSR count). The van der Waals surface area contributed by atoms with E-state index in [-0.39, 0.29) is 24.7 Å². The average molecular weight is 313 g/mol. The third-order valence-electron chi connectivity index (χ3n) is 4.53. The number of ether oxygens (including phenoxy) is 2. The first kappa shape index (κ1) is 14.1. The van der Waals surface area contributed by atoms with Crippen LogP contribution in [-0.4, -0.2) is 29.0 Å². The summed E-state index contributed by atoms with van der Waals surface area (Å²) in [7, 11) is 0. The molecule has 2 heterocycles. The quantitative estimate of drug-likeness (QED) is 0.913. The molecule has 23 heavy (non-hydrogen) atoms. The molecule has 2 aromatic rings. The van der Waals surface area contributed by atoms with Gasteiger partial charge in [-0.15, -0.1) is 0 Å². The van der Waals surface area contributed by atoms with Gasteiger partial charge in [-0.25, -0.2) is 0 Å². The van der Waals surface area contributed by atoms with Gasteiger partial charge in [-0.2, -0.15) is 5.10 Å². The van der Waals surface area contributed by atoms with E-state index in [1.807, 2.05) is 25.3 Å². The standard InChI is InChI=1S/C17H19N3O3/c1-12-7-19-20(8-12)9-16(21)18-10-17(4-5-17)13-2-3-14-15(6-13)23-11-22-14/h2-3,6-8H,4-5,9-11H2,1H3,(H,18,21). The molecule has 1 N–H and O–H groups in total. The number of aromatic nitrogens is 2. The van der Waals surface area contributed by atoms with Crippen LogP contribution in [0.3, 0.4) is 0 Å². The number of nitrogens with zero attached hydrogens (tertiary/aromatic N) is 2. The minimum Gasteiger partial charge on any atom is -0.454 e. The number of benzene rings is 1. The predicted octanol–water partition coefficient (Wildman–Crippen LogP) is 1.77. The summed E-state index contributed by atoms with van der Waals surface area (Å²) >= 11 is 0. The summed E-state index contributed by atoms with van der Waals surface area (Å²) in [5, 5.41) is 7.18. The number of hydrogen-bond acceptors (Lipinski definition) is 4. The van der Waals surface area contributed by atoms with Gasteiger partial charge in [0, 0.05) is 18.2 Å². The lowest BCUT2D eigenvalue weighted by atomic mass is 9.95. The Bertz CT molecular complexity index is 749. The molecule has 6 nitrogen and oxygen atoms in total. The highest BCUT2D eigenvalue weighted by molar-refractivity contribution is 5.75. The number of rotatable bonds is 5. The van der Waals surface area contributed by atoms with Crippen molar-refractivity contribution in [2.45, 2.75) is 31.7 Å². The van der Waals surface area contributed by atoms with E-state index in [9.17, 15) is 4.79 Å². The Hall–Kier alpha value is -2.50. The lowest BCUT2D eigenvalue weighted by molar-refractivity contribution is -0.121. The van der Waals surface area contributed by atoms with Crippen LogP contribution in [0.25, 0.3) is 0 Å². The zero-order valence-corrected chi connectivity index (χ0v) is 13.0. The highest BCUT2D eigenvalue weighted by Gasteiger charge is 2.45. The first-order valence-electron chi connectivity index (χ1n) is 7.81. The molecule has 0 atom stereocenters. The Morgan fingerprint density at radius 2 is 2.17 bits per heavy atom. The lowest BCUT2D eigenvalue weighted by Crippen LogP contribution is -2.34. The fraction of sp³-hybridized carbons (Fsp3) is 0.412. The molecule has 6 heteroatoms. The smallest absolute Gasteiger partial charge is 0.241 e. The second-order valence-electron chi connectivity index (χ2n) is 6.34. The van der Waals surface area contributed by atoms with Crippen molar-refractivity contribution in [2.24, 2.45) is 0 Å². The summed E-state index contributed by atoms with van der Waals surface area (Å²) in [6.45, 7) is 3.14. The molecule has 0 unspecified atom stereocenters. The third kappa shape index (κ3) is 2.76. The van der Waals surface area contributed by atoms with E-state index in [2.05, 4.69) is 16.5 Å². The van der Waals surface area contributed by atoms with Crippen LogP contribution in [0.1, 0.15) is 24.0 Å². The van der Waals surface area contributed by atoms with E-state index in [4.69, 9.17) is 9.47 Å². The summed E-state index contributed by atoms with van der Waals surface area (Å²) in [6, 6.07) is 6.06. The molecule has 1 aromatic carbocycles. The van der Waals surface area contributed by atoms with E-state index >= 15 is 0 Å². The Morgan fingerprint density at radius 3 is 2.91 bits per heavy atom. The van der Waals surface area contributed by atoms with Crippen molar-refractivity contribution in [3.8, 4) is 11.5 Å². The van der Waals surface area contributed by atoms with Gasteiger partial charge in [-0.3, -0.25) is 9.48 Å². The maximum absolute atomic E-state index is 12.1. The Labute approximate surface area is 134 Å². The molecule has 0 radical (unpaired) electrons. The van der Waals surface area contributed by atoms with Crippen molar-refractivity contribution >= 4 is 5.91 Å². The topological polar surface area (TPSA) is 65.4 Å². The van der Waals surface area contributed by atoms with E-state index in [0.29, 0.717) is 6.54 Å². The predicted molar refractivity (Wildman–Crippen MR) is 83.5 cm³/mol. The van der Waals surface area contributed by atoms with Gasteiger partial charge in [-0.1, -0.05) is 6.07 Å². The average Bonchev–Trinajstić information content (AvgIpc) is 2.99. The number of aryl methyl sites for hydroxylation is 1. The van der Waals surface area contributed by atoms with Crippen LogP contribution in [0.5, 0.6) is 11.5 Å². The lowest BCUT2D eigenvalue weighted by Gasteiger charge is -2.17. The van der Waals surface area contributed by atoms with Gasteiger partial charge in [0.2, 0.25) is 12.7 Å². The molecule has 1 amide bonds. The van der Waals surface area contributed by atoms with E-state index in [1.165, 1.54) is 5.56 Å². The van der Waals surface area contributed by atoms with Gasteiger partial charge in [0.15, 0.2) is 11.5 Å². The fourth-order valence-corrected chi connectivity index (χ4v) is 2.97. The number of nitrogens with one attached hydrogen (secondary N) is 1. The molecule has 1 fully saturated rings. The van der Waals surface area contributed by atoms with Gasteiger partial charge < -0.3 is 14.8 Å². The first-order chi connectivity index (χ1) is 11.1. The minimum absolute atomic E-state index is 0.0138. The van der Waals surface area contributed by atoms with Gasteiger partial charge in [0.25, 0.3) is 0 Å². The molecule has 1 aliphatic carbocycles. The van der Waals surface area contributed by atoms with Crippen molar-refractivity contribution in [3.05, 3.63) is 41.7 Å². The number of carbonyl (C=O) groups excluding carboxylic acids is 1. The number of amides is 1. The van der Waals surface area contributed by atoms with Crippen molar-refractivity contribution in [1.29, 1.82) is 0 Å². The van der Waals surface area contributed by atoms with Crippen LogP contribution in [0.4, 0.5) is 0 Å². The van der Waals surface area contributed by atoms with Gasteiger partial charge in [0.1, 0.15) is 6.54 Å². The zero-order chi connectivity index (χ0) is 15.9. The highest BCUT2D eigenvalue weighted by atomic mass is 16.7. The van der Waals surface area contributed by atoms with Crippen LogP contribution in [0.15, 0.2) is 30.6 Å². The monoisotopic (exact) mass is 313 g/mol. The second kappa shape index (κ2) is 5.30. The molecule has 0 spiro atoms. The van der Waals surface area contributed by atoms with Crippen LogP contribution in [-0.2, 0) is 16.8 Å². The molecule has 0 saturated heterocycles. The maximum Gasteiger partial charge on any atom is 0.241 e. The normalized spacial score (nSPS) is 17.1. The Kier molecular flexibility index (Phi) is 3.25. The van der Waals surface area contributed by atoms with Gasteiger partial charge >= 0.3 is 0 Å². The summed E-state index contributed by atoms with van der Waals surface area (Å²) in [6.07, 6.45) is 5.77. The molecule has 0 bridgehead atoms. The maximum atomic E-state index is 12.1. The minimum atomic E-state index is -0.0138. The number of hydrogen-bond donors (Lipinski definition) is 1. The van der Waals surface area contributed by atoms with Gasteiger partial charge in [0.05, 0.1) is 6.20 Å². The molecule has 1 aromatic heterocycles. The molecule has 2 aliphatic rings. The summed E-state index contributed by atoms with van der Waals surface area (Å²) < 4.78 is 12.5. The summed E-state index contributed by atoms with van der Waals surface area (Å²) in [5.41, 5.74) is 2.30. The number of carbonyl (C=O) groups is 1. The van der Waals surface area contributed by atoms with Crippen LogP contribution >= 0.6 is 0 Å². The van der Waals surface area contributed by atoms with Gasteiger partial charge in [-0.05, 0) is 43.0 Å². The SMILES string of the molecule is Cc1cnn(CC(=O)NCC2(c3ccc4c(c3)OCO4)CC2)c1. The molecule has 120 valence electrons. The summed E-state index contributed by atoms with van der Waals surface area (Å²) in [4.78, 5) is 12.1. The summed E-state index contributed by atoms with van der Waals surface area (Å²) in [5.74, 6) is 1.58. The Balaban J connectivity index is 1.39. The van der Waals surface area contributed by atoms with Crippen molar-refractivity contribution in [1.82, 2.24) is 15.1 Å². The molecule has 1 aliphatic heterocycles. The largest absolute Gasteiger partial charge is 0.454 e. The molecular weight excluding hydrogens is 294 g/mol. The van der Waals surface area contributed by atoms with Crippen molar-refractivity contribution in [3.63, 3.8) is 0 Å². The van der Waals surface area contributed by atoms with E-state index in [1.54, 1.807) is 10.9 Å². The van der Waals surface area contributed by atoms with Crippen LogP contribution < -0.4 is 14.8 Å². The Morgan fingerprint density at radius 1 is 1.35 bits per heavy atom. The third-order valence-corrected chi connectivity index (χ3v) is 4.53. The van der Waals surface area contributed by atoms with E-state index < -0.39 is 0 Å². The van der Waals surface area contributed by atoms with Crippen molar-refractivity contribution < 1.29 is 14.3 Å². The number of fused-ring (bicyclic) bond motifs is 1. The zero-order valence-electron chi connectivity index (χ0n) is 13.0. The highest BCUT2D eigenvalue weighted by Crippen LogP contribution is 2.49. The molecular formula is C17H19N3O3. The van der Waals surface area contributed by atoms with E-state index in [0.717, 1.165) is 29.9 Å².